The molecular weight excluding hydrogens is 190 g/mol. The lowest BCUT2D eigenvalue weighted by Gasteiger charge is -2.34. The molecule has 1 nitrogen and oxygen atoms in total. The topological polar surface area (TPSA) is 3.24 Å². The molecule has 1 saturated heterocycles. The lowest BCUT2D eigenvalue weighted by Crippen LogP contribution is -2.29. The summed E-state index contributed by atoms with van der Waals surface area (Å²) < 4.78 is 0. The molecule has 0 spiro atoms. The molecule has 2 heteroatoms. The van der Waals surface area contributed by atoms with E-state index in [1.54, 1.807) is 0 Å². The van der Waals surface area contributed by atoms with Gasteiger partial charge in [-0.05, 0) is 37.2 Å². The summed E-state index contributed by atoms with van der Waals surface area (Å²) in [5.41, 5.74) is 1.87. The molecule has 0 unspecified atom stereocenters. The first-order valence-electron chi connectivity index (χ1n) is 5.55. The molecular formula is C12H19NS. The van der Waals surface area contributed by atoms with Crippen molar-refractivity contribution in [2.45, 2.75) is 39.5 Å². The number of hydrogen-bond acceptors (Lipinski definition) is 2. The molecule has 1 aliphatic carbocycles. The Bertz CT molecular complexity index is 272. The second-order valence-corrected chi connectivity index (χ2v) is 5.84. The highest BCUT2D eigenvalue weighted by atomic mass is 32.1. The second kappa shape index (κ2) is 3.65. The number of likely N-dealkylation sites (tertiary alicyclic amines) is 1. The lowest BCUT2D eigenvalue weighted by molar-refractivity contribution is 0.307. The van der Waals surface area contributed by atoms with Gasteiger partial charge in [-0.15, -0.1) is 0 Å². The van der Waals surface area contributed by atoms with E-state index in [0.717, 1.165) is 11.3 Å². The van der Waals surface area contributed by atoms with Crippen molar-refractivity contribution < 1.29 is 0 Å². The molecule has 0 amide bonds. The van der Waals surface area contributed by atoms with Crippen LogP contribution in [0.4, 0.5) is 0 Å². The zero-order valence-corrected chi connectivity index (χ0v) is 9.99. The molecule has 0 bridgehead atoms. The van der Waals surface area contributed by atoms with Gasteiger partial charge in [0.2, 0.25) is 0 Å². The smallest absolute Gasteiger partial charge is 0.0175 e. The molecule has 1 aliphatic heterocycles. The van der Waals surface area contributed by atoms with Gasteiger partial charge in [-0.1, -0.05) is 26.1 Å². The SMILES string of the molecule is CC1(C)CC(=S)C=C(N2CCCC2)C1. The molecule has 0 aromatic carbocycles. The highest BCUT2D eigenvalue weighted by Gasteiger charge is 2.28. The fraction of sp³-hybridized carbons (Fsp3) is 0.750. The molecule has 0 atom stereocenters. The van der Waals surface area contributed by atoms with Gasteiger partial charge in [-0.3, -0.25) is 0 Å². The van der Waals surface area contributed by atoms with Crippen molar-refractivity contribution in [3.63, 3.8) is 0 Å². The van der Waals surface area contributed by atoms with Crippen molar-refractivity contribution >= 4 is 17.1 Å². The first-order chi connectivity index (χ1) is 6.57. The van der Waals surface area contributed by atoms with E-state index in [-0.39, 0.29) is 0 Å². The van der Waals surface area contributed by atoms with E-state index >= 15 is 0 Å². The molecule has 1 heterocycles. The van der Waals surface area contributed by atoms with Crippen LogP contribution in [-0.4, -0.2) is 22.9 Å². The zero-order chi connectivity index (χ0) is 10.2. The minimum absolute atomic E-state index is 0.379. The van der Waals surface area contributed by atoms with Crippen molar-refractivity contribution in [1.29, 1.82) is 0 Å². The molecule has 0 N–H and O–H groups in total. The van der Waals surface area contributed by atoms with Crippen LogP contribution in [0.25, 0.3) is 0 Å². The predicted molar refractivity (Wildman–Crippen MR) is 64.5 cm³/mol. The number of thiocarbonyl (C=S) groups is 1. The molecule has 14 heavy (non-hydrogen) atoms. The Balaban J connectivity index is 2.14. The molecule has 1 fully saturated rings. The third-order valence-corrected chi connectivity index (χ3v) is 3.41. The third kappa shape index (κ3) is 2.17. The van der Waals surface area contributed by atoms with Crippen LogP contribution in [0.1, 0.15) is 39.5 Å². The van der Waals surface area contributed by atoms with E-state index in [1.807, 2.05) is 0 Å². The van der Waals surface area contributed by atoms with Gasteiger partial charge in [-0.25, -0.2) is 0 Å². The number of hydrogen-bond donors (Lipinski definition) is 0. The van der Waals surface area contributed by atoms with Crippen molar-refractivity contribution in [2.75, 3.05) is 13.1 Å². The van der Waals surface area contributed by atoms with Crippen molar-refractivity contribution in [3.05, 3.63) is 11.8 Å². The summed E-state index contributed by atoms with van der Waals surface area (Å²) >= 11 is 5.36. The van der Waals surface area contributed by atoms with Crippen LogP contribution >= 0.6 is 12.2 Å². The summed E-state index contributed by atoms with van der Waals surface area (Å²) in [5, 5.41) is 0. The van der Waals surface area contributed by atoms with Crippen molar-refractivity contribution in [2.24, 2.45) is 5.41 Å². The van der Waals surface area contributed by atoms with E-state index in [9.17, 15) is 0 Å². The Kier molecular flexibility index (Phi) is 2.65. The van der Waals surface area contributed by atoms with Crippen LogP contribution in [-0.2, 0) is 0 Å². The maximum absolute atomic E-state index is 5.36. The van der Waals surface area contributed by atoms with Crippen LogP contribution in [0.5, 0.6) is 0 Å². The fourth-order valence-corrected chi connectivity index (χ4v) is 3.05. The molecule has 78 valence electrons. The Hall–Kier alpha value is -0.370. The minimum Gasteiger partial charge on any atom is -0.375 e. The van der Waals surface area contributed by atoms with Gasteiger partial charge in [0.1, 0.15) is 0 Å². The number of nitrogens with zero attached hydrogens (tertiary/aromatic N) is 1. The normalized spacial score (nSPS) is 26.6. The standard InChI is InChI=1S/C12H19NS/c1-12(2)8-10(7-11(14)9-12)13-5-3-4-6-13/h7H,3-6,8-9H2,1-2H3. The summed E-state index contributed by atoms with van der Waals surface area (Å²) in [7, 11) is 0. The van der Waals surface area contributed by atoms with Gasteiger partial charge in [0.25, 0.3) is 0 Å². The highest BCUT2D eigenvalue weighted by molar-refractivity contribution is 7.80. The third-order valence-electron chi connectivity index (χ3n) is 3.15. The monoisotopic (exact) mass is 209 g/mol. The average molecular weight is 209 g/mol. The second-order valence-electron chi connectivity index (χ2n) is 5.31. The average Bonchev–Trinajstić information content (AvgIpc) is 2.51. The van der Waals surface area contributed by atoms with E-state index in [0.29, 0.717) is 5.41 Å². The van der Waals surface area contributed by atoms with E-state index in [4.69, 9.17) is 12.2 Å². The van der Waals surface area contributed by atoms with Crippen LogP contribution in [0.15, 0.2) is 11.8 Å². The van der Waals surface area contributed by atoms with E-state index in [2.05, 4.69) is 24.8 Å². The largest absolute Gasteiger partial charge is 0.375 e. The minimum atomic E-state index is 0.379. The summed E-state index contributed by atoms with van der Waals surface area (Å²) in [6.07, 6.45) is 7.23. The fourth-order valence-electron chi connectivity index (χ4n) is 2.52. The van der Waals surface area contributed by atoms with Crippen LogP contribution in [0, 0.1) is 5.41 Å². The predicted octanol–water partition coefficient (Wildman–Crippen LogP) is 3.16. The summed E-state index contributed by atoms with van der Waals surface area (Å²) in [5.74, 6) is 0. The Labute approximate surface area is 92.2 Å². The van der Waals surface area contributed by atoms with E-state index < -0.39 is 0 Å². The first kappa shape index (κ1) is 10.2. The van der Waals surface area contributed by atoms with Crippen molar-refractivity contribution in [1.82, 2.24) is 4.90 Å². The van der Waals surface area contributed by atoms with Crippen LogP contribution in [0.3, 0.4) is 0 Å². The zero-order valence-electron chi connectivity index (χ0n) is 9.18. The molecule has 0 radical (unpaired) electrons. The molecule has 0 aromatic rings. The quantitative estimate of drug-likeness (QED) is 0.610. The molecule has 0 saturated carbocycles. The van der Waals surface area contributed by atoms with E-state index in [1.165, 1.54) is 38.0 Å². The Morgan fingerprint density at radius 2 is 1.86 bits per heavy atom. The summed E-state index contributed by atoms with van der Waals surface area (Å²) in [6, 6.07) is 0. The first-order valence-corrected chi connectivity index (χ1v) is 5.96. The maximum Gasteiger partial charge on any atom is 0.0175 e. The highest BCUT2D eigenvalue weighted by Crippen LogP contribution is 2.36. The van der Waals surface area contributed by atoms with Gasteiger partial charge >= 0.3 is 0 Å². The van der Waals surface area contributed by atoms with Gasteiger partial charge in [0, 0.05) is 23.7 Å². The Morgan fingerprint density at radius 1 is 1.21 bits per heavy atom. The lowest BCUT2D eigenvalue weighted by atomic mass is 9.79. The van der Waals surface area contributed by atoms with Crippen molar-refractivity contribution in [3.8, 4) is 0 Å². The van der Waals surface area contributed by atoms with Gasteiger partial charge in [0.15, 0.2) is 0 Å². The maximum atomic E-state index is 5.36. The Morgan fingerprint density at radius 3 is 2.43 bits per heavy atom. The number of allylic oxidation sites excluding steroid dienone is 2. The van der Waals surface area contributed by atoms with Gasteiger partial charge in [0.05, 0.1) is 0 Å². The van der Waals surface area contributed by atoms with Crippen LogP contribution < -0.4 is 0 Å². The summed E-state index contributed by atoms with van der Waals surface area (Å²) in [4.78, 5) is 3.66. The van der Waals surface area contributed by atoms with Gasteiger partial charge < -0.3 is 4.90 Å². The molecule has 2 aliphatic rings. The number of rotatable bonds is 1. The summed E-state index contributed by atoms with van der Waals surface area (Å²) in [6.45, 7) is 7.12. The van der Waals surface area contributed by atoms with Gasteiger partial charge in [-0.2, -0.15) is 0 Å². The molecule has 0 aromatic heterocycles. The van der Waals surface area contributed by atoms with Crippen LogP contribution in [0.2, 0.25) is 0 Å². The molecule has 2 rings (SSSR count).